The van der Waals surface area contributed by atoms with E-state index in [1.54, 1.807) is 30.3 Å². The molecule has 1 aliphatic rings. The predicted octanol–water partition coefficient (Wildman–Crippen LogP) is 4.55. The first-order valence-corrected chi connectivity index (χ1v) is 8.59. The van der Waals surface area contributed by atoms with Crippen LogP contribution in [0.2, 0.25) is 5.02 Å². The maximum absolute atomic E-state index is 12.8. The molecule has 1 N–H and O–H groups in total. The van der Waals surface area contributed by atoms with Gasteiger partial charge in [-0.2, -0.15) is 5.10 Å². The minimum atomic E-state index is -4.82. The lowest BCUT2D eigenvalue weighted by molar-refractivity contribution is -0.274. The van der Waals surface area contributed by atoms with E-state index in [-0.39, 0.29) is 11.4 Å². The van der Waals surface area contributed by atoms with Crippen molar-refractivity contribution >= 4 is 11.6 Å². The summed E-state index contributed by atoms with van der Waals surface area (Å²) in [5.41, 5.74) is 3.00. The second-order valence-electron chi connectivity index (χ2n) is 6.27. The van der Waals surface area contributed by atoms with Gasteiger partial charge in [0.05, 0.1) is 17.5 Å². The number of aromatic nitrogens is 2. The number of ether oxygens (including phenoxy) is 1. The van der Waals surface area contributed by atoms with Gasteiger partial charge >= 0.3 is 6.36 Å². The van der Waals surface area contributed by atoms with Crippen molar-refractivity contribution in [1.82, 2.24) is 9.78 Å². The Morgan fingerprint density at radius 1 is 1.07 bits per heavy atom. The third-order valence-electron chi connectivity index (χ3n) is 4.37. The Morgan fingerprint density at radius 2 is 1.78 bits per heavy atom. The van der Waals surface area contributed by atoms with Gasteiger partial charge in [-0.15, -0.1) is 13.2 Å². The van der Waals surface area contributed by atoms with Gasteiger partial charge in [-0.25, -0.2) is 4.68 Å². The van der Waals surface area contributed by atoms with Crippen molar-refractivity contribution in [2.75, 3.05) is 0 Å². The molecule has 4 rings (SSSR count). The summed E-state index contributed by atoms with van der Waals surface area (Å²) >= 11 is 5.96. The van der Waals surface area contributed by atoms with E-state index in [0.29, 0.717) is 29.3 Å². The van der Waals surface area contributed by atoms with Crippen molar-refractivity contribution in [2.45, 2.75) is 25.3 Å². The summed E-state index contributed by atoms with van der Waals surface area (Å²) in [5.74, 6) is -0.345. The number of aliphatic hydroxyl groups is 1. The Balaban J connectivity index is 1.90. The standard InChI is InChI=1S/C19H14ClF3N2O2/c20-12-7-5-11(6-8-12)18-14-9-13(26)10-15(14)24-25(18)16-3-1-2-4-17(16)27-19(21,22)23/h1-8,13,26H,9-10H2. The lowest BCUT2D eigenvalue weighted by atomic mass is 10.1. The highest BCUT2D eigenvalue weighted by Gasteiger charge is 2.34. The van der Waals surface area contributed by atoms with Gasteiger partial charge in [-0.3, -0.25) is 0 Å². The largest absolute Gasteiger partial charge is 0.573 e. The second-order valence-corrected chi connectivity index (χ2v) is 6.71. The van der Waals surface area contributed by atoms with Crippen LogP contribution < -0.4 is 4.74 Å². The topological polar surface area (TPSA) is 47.3 Å². The SMILES string of the molecule is OC1Cc2nn(-c3ccccc3OC(F)(F)F)c(-c3ccc(Cl)cc3)c2C1. The highest BCUT2D eigenvalue weighted by atomic mass is 35.5. The Labute approximate surface area is 157 Å². The molecule has 0 radical (unpaired) electrons. The fourth-order valence-corrected chi connectivity index (χ4v) is 3.45. The quantitative estimate of drug-likeness (QED) is 0.709. The molecule has 4 nitrogen and oxygen atoms in total. The van der Waals surface area contributed by atoms with Gasteiger partial charge in [0.2, 0.25) is 0 Å². The van der Waals surface area contributed by atoms with Crippen LogP contribution >= 0.6 is 11.6 Å². The normalized spacial score (nSPS) is 16.4. The Morgan fingerprint density at radius 3 is 2.48 bits per heavy atom. The fourth-order valence-electron chi connectivity index (χ4n) is 3.33. The van der Waals surface area contributed by atoms with E-state index in [2.05, 4.69) is 9.84 Å². The number of halogens is 4. The smallest absolute Gasteiger partial charge is 0.403 e. The third kappa shape index (κ3) is 3.52. The van der Waals surface area contributed by atoms with Crippen molar-refractivity contribution in [3.8, 4) is 22.7 Å². The lowest BCUT2D eigenvalue weighted by Crippen LogP contribution is -2.19. The van der Waals surface area contributed by atoms with Crippen LogP contribution in [0.1, 0.15) is 11.3 Å². The third-order valence-corrected chi connectivity index (χ3v) is 4.62. The molecule has 1 unspecified atom stereocenters. The maximum Gasteiger partial charge on any atom is 0.573 e. The molecular weight excluding hydrogens is 381 g/mol. The van der Waals surface area contributed by atoms with E-state index < -0.39 is 12.5 Å². The Hall–Kier alpha value is -2.51. The van der Waals surface area contributed by atoms with Crippen LogP contribution in [-0.4, -0.2) is 27.4 Å². The average Bonchev–Trinajstić information content (AvgIpc) is 3.11. The highest BCUT2D eigenvalue weighted by molar-refractivity contribution is 6.30. The zero-order valence-corrected chi connectivity index (χ0v) is 14.6. The Bertz CT molecular complexity index is 984. The van der Waals surface area contributed by atoms with Crippen LogP contribution in [0.3, 0.4) is 0 Å². The second kappa shape index (κ2) is 6.58. The van der Waals surface area contributed by atoms with E-state index >= 15 is 0 Å². The zero-order valence-electron chi connectivity index (χ0n) is 13.9. The monoisotopic (exact) mass is 394 g/mol. The van der Waals surface area contributed by atoms with Crippen LogP contribution in [0.25, 0.3) is 16.9 Å². The number of aliphatic hydroxyl groups excluding tert-OH is 1. The van der Waals surface area contributed by atoms with Crippen LogP contribution in [0.5, 0.6) is 5.75 Å². The van der Waals surface area contributed by atoms with Crippen LogP contribution in [-0.2, 0) is 12.8 Å². The fraction of sp³-hybridized carbons (Fsp3) is 0.211. The van der Waals surface area contributed by atoms with Crippen LogP contribution in [0, 0.1) is 0 Å². The molecule has 0 bridgehead atoms. The molecule has 0 spiro atoms. The van der Waals surface area contributed by atoms with E-state index in [9.17, 15) is 18.3 Å². The van der Waals surface area contributed by atoms with Gasteiger partial charge in [-0.05, 0) is 24.3 Å². The van der Waals surface area contributed by atoms with E-state index in [1.807, 2.05) is 0 Å². The number of rotatable bonds is 3. The maximum atomic E-state index is 12.8. The first-order chi connectivity index (χ1) is 12.8. The number of hydrogen-bond acceptors (Lipinski definition) is 3. The van der Waals surface area contributed by atoms with Crippen molar-refractivity contribution in [1.29, 1.82) is 0 Å². The van der Waals surface area contributed by atoms with Gasteiger partial charge in [-0.1, -0.05) is 35.9 Å². The van der Waals surface area contributed by atoms with Gasteiger partial charge in [0.15, 0.2) is 5.75 Å². The number of benzene rings is 2. The molecule has 3 aromatic rings. The number of alkyl halides is 3. The van der Waals surface area contributed by atoms with E-state index in [0.717, 1.165) is 11.1 Å². The molecule has 0 saturated heterocycles. The molecule has 0 aliphatic heterocycles. The highest BCUT2D eigenvalue weighted by Crippen LogP contribution is 2.38. The summed E-state index contributed by atoms with van der Waals surface area (Å²) in [6.45, 7) is 0. The molecule has 0 fully saturated rings. The molecule has 1 aromatic heterocycles. The molecule has 8 heteroatoms. The summed E-state index contributed by atoms with van der Waals surface area (Å²) in [5, 5.41) is 15.0. The first kappa shape index (κ1) is 17.9. The summed E-state index contributed by atoms with van der Waals surface area (Å²) in [4.78, 5) is 0. The van der Waals surface area contributed by atoms with Crippen LogP contribution in [0.4, 0.5) is 13.2 Å². The van der Waals surface area contributed by atoms with Gasteiger partial charge in [0, 0.05) is 29.0 Å². The molecule has 27 heavy (non-hydrogen) atoms. The molecule has 140 valence electrons. The molecule has 2 aromatic carbocycles. The first-order valence-electron chi connectivity index (χ1n) is 8.22. The molecule has 1 atom stereocenters. The number of para-hydroxylation sites is 2. The van der Waals surface area contributed by atoms with E-state index in [1.165, 1.54) is 22.9 Å². The van der Waals surface area contributed by atoms with Crippen molar-refractivity contribution in [3.05, 3.63) is 64.8 Å². The van der Waals surface area contributed by atoms with Crippen molar-refractivity contribution in [3.63, 3.8) is 0 Å². The molecule has 0 amide bonds. The number of nitrogens with zero attached hydrogens (tertiary/aromatic N) is 2. The summed E-state index contributed by atoms with van der Waals surface area (Å²) in [7, 11) is 0. The summed E-state index contributed by atoms with van der Waals surface area (Å²) in [6, 6.07) is 12.8. The summed E-state index contributed by atoms with van der Waals surface area (Å²) in [6.07, 6.45) is -4.63. The zero-order chi connectivity index (χ0) is 19.2. The summed E-state index contributed by atoms with van der Waals surface area (Å²) < 4.78 is 44.1. The average molecular weight is 395 g/mol. The van der Waals surface area contributed by atoms with Gasteiger partial charge in [0.25, 0.3) is 0 Å². The van der Waals surface area contributed by atoms with Crippen molar-refractivity contribution in [2.24, 2.45) is 0 Å². The number of fused-ring (bicyclic) bond motifs is 1. The number of hydrogen-bond donors (Lipinski definition) is 1. The molecule has 1 heterocycles. The van der Waals surface area contributed by atoms with E-state index in [4.69, 9.17) is 11.6 Å². The predicted molar refractivity (Wildman–Crippen MR) is 94.1 cm³/mol. The van der Waals surface area contributed by atoms with Gasteiger partial charge < -0.3 is 9.84 Å². The van der Waals surface area contributed by atoms with Crippen molar-refractivity contribution < 1.29 is 23.0 Å². The van der Waals surface area contributed by atoms with Gasteiger partial charge in [0.1, 0.15) is 5.69 Å². The molecular formula is C19H14ClF3N2O2. The molecule has 0 saturated carbocycles. The lowest BCUT2D eigenvalue weighted by Gasteiger charge is -2.16. The Kier molecular flexibility index (Phi) is 4.36. The van der Waals surface area contributed by atoms with Crippen LogP contribution in [0.15, 0.2) is 48.5 Å². The molecule has 1 aliphatic carbocycles. The minimum Gasteiger partial charge on any atom is -0.403 e. The minimum absolute atomic E-state index is 0.170.